The second-order valence-corrected chi connectivity index (χ2v) is 19.8. The number of amides is 4. The van der Waals surface area contributed by atoms with E-state index in [0.29, 0.717) is 48.8 Å². The lowest BCUT2D eigenvalue weighted by Gasteiger charge is -2.19. The number of aliphatic imine (C=N–C) groups is 3. The van der Waals surface area contributed by atoms with E-state index in [1.807, 2.05) is 0 Å². The lowest BCUT2D eigenvalue weighted by atomic mass is 10.0. The van der Waals surface area contributed by atoms with Gasteiger partial charge in [-0.05, 0) is 76.3 Å². The number of allylic oxidation sites excluding steroid dienone is 1. The summed E-state index contributed by atoms with van der Waals surface area (Å²) in [7, 11) is -8.48. The molecule has 21 nitrogen and oxygen atoms in total. The predicted octanol–water partition coefficient (Wildman–Crippen LogP) is 2.72. The Morgan fingerprint density at radius 3 is 1.41 bits per heavy atom. The fraction of sp³-hybridized carbons (Fsp3) is 0.410. The molecule has 352 valence electrons. The molecule has 2 rings (SSSR count). The first kappa shape index (κ1) is 54.9. The van der Waals surface area contributed by atoms with Crippen molar-refractivity contribution in [1.82, 2.24) is 0 Å². The summed E-state index contributed by atoms with van der Waals surface area (Å²) < 4.78 is 55.4. The number of nitrogens with one attached hydrogen (secondary N) is 4. The number of halogens is 2. The Hall–Kier alpha value is -5.21. The van der Waals surface area contributed by atoms with E-state index in [-0.39, 0.29) is 82.8 Å². The molecular weight excluding hydrogens is 1000 g/mol. The van der Waals surface area contributed by atoms with Crippen LogP contribution < -0.4 is 55.7 Å². The second-order valence-electron chi connectivity index (χ2n) is 13.9. The Balaban J connectivity index is 2.65. The Morgan fingerprint density at radius 1 is 0.656 bits per heavy atom. The molecule has 25 heteroatoms. The summed E-state index contributed by atoms with van der Waals surface area (Å²) in [5.41, 5.74) is 32.0. The van der Waals surface area contributed by atoms with Gasteiger partial charge in [-0.2, -0.15) is 0 Å². The van der Waals surface area contributed by atoms with Crippen molar-refractivity contribution in [2.75, 3.05) is 59.0 Å². The summed E-state index contributed by atoms with van der Waals surface area (Å²) in [6, 6.07) is 5.40. The molecule has 64 heavy (non-hydrogen) atoms. The molecular formula is C39H57Br2N13O8S2. The minimum absolute atomic E-state index is 0.000146. The van der Waals surface area contributed by atoms with Crippen molar-refractivity contribution < 1.29 is 36.0 Å². The Morgan fingerprint density at radius 2 is 1.05 bits per heavy atom. The van der Waals surface area contributed by atoms with E-state index in [2.05, 4.69) is 68.1 Å². The minimum atomic E-state index is -4.24. The third-order valence-electron chi connectivity index (χ3n) is 8.78. The standard InChI is InChI=1S/C39H57Br2N13O8S2/c1-4-23(3)26(36(57)53-29-20-24(40)18-27(34(29)63(59,60)16-12-42)51-32(55)10-6-8-14-49-38(44)45)22-31(48-5-2)37(58)54-30-21-25(41)19-28(35(30)64(61,62)17-13-43)52-33(56)11-7-9-15-50-39(46)47/h5,18-22H,4,6-17,42-43H2,1-3H3,(H,51,55)(H,52,56)(H,53,57)(H,54,58)(H4,44,45,49)(H4,46,47,50). The zero-order valence-electron chi connectivity index (χ0n) is 35.8. The van der Waals surface area contributed by atoms with Crippen LogP contribution >= 0.6 is 31.9 Å². The zero-order chi connectivity index (χ0) is 48.2. The van der Waals surface area contributed by atoms with Gasteiger partial charge in [-0.1, -0.05) is 44.4 Å². The number of hydrogen-bond donors (Lipinski definition) is 10. The molecule has 0 unspecified atom stereocenters. The Kier molecular flexibility index (Phi) is 22.8. The van der Waals surface area contributed by atoms with Gasteiger partial charge in [-0.3, -0.25) is 34.2 Å². The number of carbonyl (C=O) groups excluding carboxylic acids is 4. The van der Waals surface area contributed by atoms with Crippen molar-refractivity contribution in [3.05, 3.63) is 56.1 Å². The van der Waals surface area contributed by atoms with Gasteiger partial charge in [0.15, 0.2) is 31.6 Å². The highest BCUT2D eigenvalue weighted by Crippen LogP contribution is 2.37. The predicted molar refractivity (Wildman–Crippen MR) is 259 cm³/mol. The molecule has 0 spiro atoms. The van der Waals surface area contributed by atoms with Crippen LogP contribution in [0, 0.1) is 0 Å². The monoisotopic (exact) mass is 1060 g/mol. The number of carbonyl (C=O) groups is 4. The van der Waals surface area contributed by atoms with Crippen LogP contribution in [0.25, 0.3) is 0 Å². The molecule has 0 aliphatic carbocycles. The van der Waals surface area contributed by atoms with Gasteiger partial charge in [0, 0.05) is 59.8 Å². The number of hydrogen-bond acceptors (Lipinski definition) is 13. The Bertz CT molecular complexity index is 2410. The van der Waals surface area contributed by atoms with Crippen molar-refractivity contribution >= 4 is 116 Å². The van der Waals surface area contributed by atoms with Crippen LogP contribution in [0.1, 0.15) is 65.7 Å². The fourth-order valence-corrected chi connectivity index (χ4v) is 9.49. The van der Waals surface area contributed by atoms with Crippen molar-refractivity contribution in [1.29, 1.82) is 0 Å². The molecule has 0 atom stereocenters. The highest BCUT2D eigenvalue weighted by Gasteiger charge is 2.29. The maximum Gasteiger partial charge on any atom is 0.274 e. The average molecular weight is 1060 g/mol. The summed E-state index contributed by atoms with van der Waals surface area (Å²) in [4.78, 5) is 65.5. The second kappa shape index (κ2) is 26.5. The molecule has 0 bridgehead atoms. The molecule has 2 aromatic rings. The number of rotatable bonds is 25. The number of nitrogens with two attached hydrogens (primary N) is 6. The fourth-order valence-electron chi connectivity index (χ4n) is 5.77. The van der Waals surface area contributed by atoms with Gasteiger partial charge < -0.3 is 55.7 Å². The third kappa shape index (κ3) is 17.8. The van der Waals surface area contributed by atoms with Crippen LogP contribution in [-0.2, 0) is 38.9 Å². The molecule has 0 aliphatic rings. The molecule has 0 aliphatic heterocycles. The first-order valence-corrected chi connectivity index (χ1v) is 24.8. The third-order valence-corrected chi connectivity index (χ3v) is 13.4. The van der Waals surface area contributed by atoms with Gasteiger partial charge in [0.25, 0.3) is 11.8 Å². The van der Waals surface area contributed by atoms with Crippen LogP contribution in [0.3, 0.4) is 0 Å². The van der Waals surface area contributed by atoms with E-state index in [0.717, 1.165) is 6.08 Å². The first-order valence-electron chi connectivity index (χ1n) is 19.9. The maximum atomic E-state index is 14.3. The molecule has 16 N–H and O–H groups in total. The van der Waals surface area contributed by atoms with E-state index in [9.17, 15) is 36.0 Å². The van der Waals surface area contributed by atoms with Crippen molar-refractivity contribution in [2.24, 2.45) is 49.4 Å². The number of guanidine groups is 2. The van der Waals surface area contributed by atoms with Crippen LogP contribution in [0.5, 0.6) is 0 Å². The van der Waals surface area contributed by atoms with E-state index >= 15 is 0 Å². The number of benzene rings is 2. The van der Waals surface area contributed by atoms with E-state index in [1.165, 1.54) is 37.4 Å². The lowest BCUT2D eigenvalue weighted by Crippen LogP contribution is -2.24. The highest BCUT2D eigenvalue weighted by atomic mass is 79.9. The van der Waals surface area contributed by atoms with Crippen LogP contribution in [0.4, 0.5) is 22.7 Å². The number of nitrogens with zero attached hydrogens (tertiary/aromatic N) is 3. The SMILES string of the molecule is CC=NC(=CC(C(=O)Nc1cc(Br)cc(NC(=O)CCCCN=C(N)N)c1S(=O)(=O)CCN)=C(C)CC)C(=O)Nc1cc(Br)cc(NC(=O)CCCCN=C(N)N)c1S(=O)(=O)CCN. The molecule has 2 aromatic carbocycles. The summed E-state index contributed by atoms with van der Waals surface area (Å²) in [5.74, 6) is -4.09. The number of anilines is 4. The first-order chi connectivity index (χ1) is 30.1. The quantitative estimate of drug-likeness (QED) is 0.0225. The molecule has 0 saturated carbocycles. The normalized spacial score (nSPS) is 12.3. The van der Waals surface area contributed by atoms with Crippen molar-refractivity contribution in [3.63, 3.8) is 0 Å². The number of sulfone groups is 2. The lowest BCUT2D eigenvalue weighted by molar-refractivity contribution is -0.117. The van der Waals surface area contributed by atoms with Crippen LogP contribution in [0.15, 0.2) is 80.9 Å². The summed E-state index contributed by atoms with van der Waals surface area (Å²) in [6.45, 7) is 4.90. The molecule has 0 radical (unpaired) electrons. The Labute approximate surface area is 390 Å². The smallest absolute Gasteiger partial charge is 0.274 e. The van der Waals surface area contributed by atoms with Gasteiger partial charge in [0.2, 0.25) is 11.8 Å². The van der Waals surface area contributed by atoms with Gasteiger partial charge in [0.1, 0.15) is 15.5 Å². The van der Waals surface area contributed by atoms with Crippen LogP contribution in [0.2, 0.25) is 0 Å². The van der Waals surface area contributed by atoms with Crippen molar-refractivity contribution in [3.8, 4) is 0 Å². The van der Waals surface area contributed by atoms with E-state index in [4.69, 9.17) is 34.4 Å². The largest absolute Gasteiger partial charge is 0.370 e. The summed E-state index contributed by atoms with van der Waals surface area (Å²) >= 11 is 6.67. The summed E-state index contributed by atoms with van der Waals surface area (Å²) in [5, 5.41) is 10.4. The van der Waals surface area contributed by atoms with E-state index in [1.54, 1.807) is 13.8 Å². The zero-order valence-corrected chi connectivity index (χ0v) is 40.6. The molecule has 0 saturated heterocycles. The average Bonchev–Trinajstić information content (AvgIpc) is 3.17. The molecule has 4 amide bonds. The van der Waals surface area contributed by atoms with E-state index < -0.39 is 64.6 Å². The highest BCUT2D eigenvalue weighted by molar-refractivity contribution is 9.10. The van der Waals surface area contributed by atoms with Crippen molar-refractivity contribution in [2.45, 2.75) is 75.5 Å². The van der Waals surface area contributed by atoms with Gasteiger partial charge in [-0.25, -0.2) is 16.8 Å². The number of unbranched alkanes of at least 4 members (excludes halogenated alkanes) is 2. The van der Waals surface area contributed by atoms with Gasteiger partial charge in [0.05, 0.1) is 34.3 Å². The van der Waals surface area contributed by atoms with Gasteiger partial charge >= 0.3 is 0 Å². The van der Waals surface area contributed by atoms with Crippen LogP contribution in [-0.4, -0.2) is 96.3 Å². The summed E-state index contributed by atoms with van der Waals surface area (Å²) in [6.07, 6.45) is 4.43. The molecule has 0 aromatic heterocycles. The van der Waals surface area contributed by atoms with Gasteiger partial charge in [-0.15, -0.1) is 0 Å². The molecule has 0 heterocycles. The molecule has 0 fully saturated rings. The maximum absolute atomic E-state index is 14.3. The minimum Gasteiger partial charge on any atom is -0.370 e. The topological polar surface area (TPSA) is 378 Å².